The fourth-order valence-electron chi connectivity index (χ4n) is 1.56. The minimum absolute atomic E-state index is 0.0741. The second-order valence-electron chi connectivity index (χ2n) is 4.22. The molecule has 0 unspecified atom stereocenters. The molecule has 0 radical (unpaired) electrons. The lowest BCUT2D eigenvalue weighted by molar-refractivity contribution is 0.402. The highest BCUT2D eigenvalue weighted by Gasteiger charge is 2.06. The summed E-state index contributed by atoms with van der Waals surface area (Å²) in [6, 6.07) is 7.42. The van der Waals surface area contributed by atoms with Gasteiger partial charge in [0.25, 0.3) is 10.1 Å². The maximum atomic E-state index is 10.4. The van der Waals surface area contributed by atoms with Crippen molar-refractivity contribution in [2.24, 2.45) is 5.92 Å². The van der Waals surface area contributed by atoms with Crippen LogP contribution in [-0.2, 0) is 10.1 Å². The molecule has 1 fully saturated rings. The Bertz CT molecular complexity index is 411. The van der Waals surface area contributed by atoms with E-state index in [9.17, 15) is 8.42 Å². The number of hydrogen-bond donors (Lipinski definition) is 2. The molecular weight excluding hydrogens is 238 g/mol. The summed E-state index contributed by atoms with van der Waals surface area (Å²) < 4.78 is 29.2. The van der Waals surface area contributed by atoms with Crippen LogP contribution in [0, 0.1) is 5.92 Å². The van der Waals surface area contributed by atoms with Crippen LogP contribution in [0.3, 0.4) is 0 Å². The summed E-state index contributed by atoms with van der Waals surface area (Å²) in [5.74, 6) is 0.973. The molecule has 1 heterocycles. The minimum Gasteiger partial charge on any atom is -0.317 e. The third-order valence-electron chi connectivity index (χ3n) is 2.67. The zero-order valence-corrected chi connectivity index (χ0v) is 10.8. The average molecular weight is 257 g/mol. The lowest BCUT2D eigenvalue weighted by Crippen LogP contribution is -2.26. The van der Waals surface area contributed by atoms with Crippen LogP contribution in [0.5, 0.6) is 0 Å². The summed E-state index contributed by atoms with van der Waals surface area (Å²) in [7, 11) is -4.00. The molecule has 2 rings (SSSR count). The van der Waals surface area contributed by atoms with Gasteiger partial charge >= 0.3 is 0 Å². The summed E-state index contributed by atoms with van der Waals surface area (Å²) in [6.45, 7) is 4.79. The van der Waals surface area contributed by atoms with E-state index in [0.29, 0.717) is 0 Å². The summed E-state index contributed by atoms with van der Waals surface area (Å²) in [5, 5.41) is 3.32. The van der Waals surface area contributed by atoms with Gasteiger partial charge in [-0.05, 0) is 44.0 Å². The second-order valence-corrected chi connectivity index (χ2v) is 5.64. The first kappa shape index (κ1) is 14.2. The van der Waals surface area contributed by atoms with Crippen LogP contribution in [0.25, 0.3) is 0 Å². The van der Waals surface area contributed by atoms with Crippen LogP contribution in [0.4, 0.5) is 0 Å². The molecule has 0 atom stereocenters. The molecule has 2 N–H and O–H groups in total. The highest BCUT2D eigenvalue weighted by atomic mass is 32.2. The van der Waals surface area contributed by atoms with Crippen LogP contribution in [0.1, 0.15) is 19.8 Å². The molecule has 0 amide bonds. The lowest BCUT2D eigenvalue weighted by atomic mass is 10.0. The molecule has 1 aliphatic rings. The van der Waals surface area contributed by atoms with Gasteiger partial charge in [-0.1, -0.05) is 25.1 Å². The summed E-state index contributed by atoms with van der Waals surface area (Å²) in [5.41, 5.74) is 0. The molecule has 1 aromatic rings. The van der Waals surface area contributed by atoms with E-state index in [4.69, 9.17) is 4.55 Å². The molecule has 0 aliphatic carbocycles. The van der Waals surface area contributed by atoms with Crippen LogP contribution in [-0.4, -0.2) is 26.1 Å². The first-order valence-corrected chi connectivity index (χ1v) is 7.17. The van der Waals surface area contributed by atoms with Crippen molar-refractivity contribution in [2.75, 3.05) is 13.1 Å². The number of nitrogens with one attached hydrogen (secondary N) is 1. The van der Waals surface area contributed by atoms with E-state index in [1.807, 2.05) is 0 Å². The molecule has 1 saturated heterocycles. The van der Waals surface area contributed by atoms with Crippen LogP contribution >= 0.6 is 0 Å². The van der Waals surface area contributed by atoms with Crippen molar-refractivity contribution < 1.29 is 13.0 Å². The van der Waals surface area contributed by atoms with Gasteiger partial charge in [-0.25, -0.2) is 0 Å². The number of rotatable bonds is 1. The van der Waals surface area contributed by atoms with Gasteiger partial charge in [-0.15, -0.1) is 0 Å². The maximum Gasteiger partial charge on any atom is 0.294 e. The number of piperidine rings is 1. The van der Waals surface area contributed by atoms with E-state index in [1.165, 1.54) is 38.1 Å². The Kier molecular flexibility index (Phi) is 5.61. The minimum atomic E-state index is -4.00. The zero-order chi connectivity index (χ0) is 12.7. The quantitative estimate of drug-likeness (QED) is 0.755. The highest BCUT2D eigenvalue weighted by Crippen LogP contribution is 2.08. The summed E-state index contributed by atoms with van der Waals surface area (Å²) in [6.07, 6.45) is 2.75. The summed E-state index contributed by atoms with van der Waals surface area (Å²) >= 11 is 0. The van der Waals surface area contributed by atoms with E-state index in [0.717, 1.165) is 5.92 Å². The van der Waals surface area contributed by atoms with Crippen molar-refractivity contribution in [1.82, 2.24) is 5.32 Å². The average Bonchev–Trinajstić information content (AvgIpc) is 2.31. The Hall–Kier alpha value is -0.910. The predicted octanol–water partition coefficient (Wildman–Crippen LogP) is 1.94. The van der Waals surface area contributed by atoms with E-state index in [-0.39, 0.29) is 4.90 Å². The lowest BCUT2D eigenvalue weighted by Gasteiger charge is -2.17. The smallest absolute Gasteiger partial charge is 0.294 e. The Morgan fingerprint density at radius 1 is 1.18 bits per heavy atom. The molecule has 96 valence electrons. The molecular formula is C12H19NO3S. The van der Waals surface area contributed by atoms with Crippen LogP contribution in [0.2, 0.25) is 0 Å². The Morgan fingerprint density at radius 2 is 1.71 bits per heavy atom. The van der Waals surface area contributed by atoms with Gasteiger partial charge < -0.3 is 5.32 Å². The van der Waals surface area contributed by atoms with Gasteiger partial charge in [-0.2, -0.15) is 8.42 Å². The molecule has 0 spiro atoms. The number of hydrogen-bond acceptors (Lipinski definition) is 3. The van der Waals surface area contributed by atoms with Gasteiger partial charge in [0, 0.05) is 0 Å². The summed E-state index contributed by atoms with van der Waals surface area (Å²) in [4.78, 5) is -0.0741. The van der Waals surface area contributed by atoms with Gasteiger partial charge in [0.1, 0.15) is 0 Å². The maximum absolute atomic E-state index is 10.4. The van der Waals surface area contributed by atoms with Gasteiger partial charge in [0.15, 0.2) is 0 Å². The molecule has 1 aliphatic heterocycles. The SMILES string of the molecule is CC1CCNCC1.O=S(=O)(O)c1ccccc1. The monoisotopic (exact) mass is 257 g/mol. The van der Waals surface area contributed by atoms with E-state index < -0.39 is 10.1 Å². The molecule has 5 heteroatoms. The Morgan fingerprint density at radius 3 is 2.00 bits per heavy atom. The third kappa shape index (κ3) is 5.81. The van der Waals surface area contributed by atoms with Crippen molar-refractivity contribution in [1.29, 1.82) is 0 Å². The van der Waals surface area contributed by atoms with Gasteiger partial charge in [0.2, 0.25) is 0 Å². The fraction of sp³-hybridized carbons (Fsp3) is 0.500. The first-order chi connectivity index (χ1) is 8.00. The number of benzene rings is 1. The predicted molar refractivity (Wildman–Crippen MR) is 67.5 cm³/mol. The van der Waals surface area contributed by atoms with E-state index in [2.05, 4.69) is 12.2 Å². The Labute approximate surface area is 103 Å². The first-order valence-electron chi connectivity index (χ1n) is 5.73. The van der Waals surface area contributed by atoms with Crippen LogP contribution in [0.15, 0.2) is 35.2 Å². The molecule has 17 heavy (non-hydrogen) atoms. The molecule has 0 bridgehead atoms. The molecule has 0 aromatic heterocycles. The fourth-order valence-corrected chi connectivity index (χ4v) is 2.06. The largest absolute Gasteiger partial charge is 0.317 e. The van der Waals surface area contributed by atoms with E-state index in [1.54, 1.807) is 18.2 Å². The van der Waals surface area contributed by atoms with Gasteiger partial charge in [-0.3, -0.25) is 4.55 Å². The van der Waals surface area contributed by atoms with Crippen molar-refractivity contribution in [2.45, 2.75) is 24.7 Å². The molecule has 1 aromatic carbocycles. The van der Waals surface area contributed by atoms with Crippen molar-refractivity contribution in [3.8, 4) is 0 Å². The third-order valence-corrected chi connectivity index (χ3v) is 3.54. The normalized spacial score (nSPS) is 17.1. The second kappa shape index (κ2) is 6.74. The van der Waals surface area contributed by atoms with E-state index >= 15 is 0 Å². The Balaban J connectivity index is 0.000000181. The molecule has 0 saturated carbocycles. The van der Waals surface area contributed by atoms with Crippen molar-refractivity contribution in [3.05, 3.63) is 30.3 Å². The topological polar surface area (TPSA) is 66.4 Å². The molecule has 4 nitrogen and oxygen atoms in total. The van der Waals surface area contributed by atoms with Gasteiger partial charge in [0.05, 0.1) is 4.90 Å². The van der Waals surface area contributed by atoms with Crippen molar-refractivity contribution in [3.63, 3.8) is 0 Å². The highest BCUT2D eigenvalue weighted by molar-refractivity contribution is 7.85. The van der Waals surface area contributed by atoms with Crippen molar-refractivity contribution >= 4 is 10.1 Å². The van der Waals surface area contributed by atoms with Crippen LogP contribution < -0.4 is 5.32 Å². The zero-order valence-electron chi connectivity index (χ0n) is 9.96. The standard InChI is InChI=1S/C6H13N.C6H6O3S/c1-6-2-4-7-5-3-6;7-10(8,9)6-4-2-1-3-5-6/h6-7H,2-5H2,1H3;1-5H,(H,7,8,9).